The molecule has 0 fully saturated rings. The topological polar surface area (TPSA) is 27.6 Å². The van der Waals surface area contributed by atoms with Crippen LogP contribution < -0.4 is 5.43 Å². The third-order valence-electron chi connectivity index (χ3n) is 1.31. The average molecular weight is 198 g/mol. The third kappa shape index (κ3) is 3.80. The molecule has 0 aliphatic heterocycles. The van der Waals surface area contributed by atoms with Gasteiger partial charge in [-0.05, 0) is 18.2 Å². The molecule has 0 radical (unpaired) electrons. The van der Waals surface area contributed by atoms with E-state index >= 15 is 0 Å². The summed E-state index contributed by atoms with van der Waals surface area (Å²) in [5.41, 5.74) is 3.74. The molecular formula is C9H12ClN3. The second-order valence-corrected chi connectivity index (χ2v) is 3.27. The molecule has 1 rings (SSSR count). The zero-order chi connectivity index (χ0) is 9.68. The first-order valence-electron chi connectivity index (χ1n) is 3.89. The van der Waals surface area contributed by atoms with Crippen LogP contribution in [0, 0.1) is 0 Å². The second-order valence-electron chi connectivity index (χ2n) is 2.83. The van der Waals surface area contributed by atoms with E-state index in [2.05, 4.69) is 10.5 Å². The molecule has 1 aromatic carbocycles. The lowest BCUT2D eigenvalue weighted by atomic mass is 10.3. The highest BCUT2D eigenvalue weighted by atomic mass is 35.5. The predicted molar refractivity (Wildman–Crippen MR) is 57.3 cm³/mol. The number of hydrazone groups is 1. The molecule has 0 atom stereocenters. The van der Waals surface area contributed by atoms with Crippen molar-refractivity contribution in [3.05, 3.63) is 29.3 Å². The number of hydrogen-bond acceptors (Lipinski definition) is 2. The Morgan fingerprint density at radius 1 is 1.46 bits per heavy atom. The maximum absolute atomic E-state index is 5.78. The highest BCUT2D eigenvalue weighted by Gasteiger charge is 1.89. The zero-order valence-electron chi connectivity index (χ0n) is 7.66. The summed E-state index contributed by atoms with van der Waals surface area (Å²) in [6.07, 6.45) is 1.68. The smallest absolute Gasteiger partial charge is 0.111 e. The van der Waals surface area contributed by atoms with Crippen molar-refractivity contribution < 1.29 is 0 Å². The Balaban J connectivity index is 2.55. The van der Waals surface area contributed by atoms with Gasteiger partial charge in [0.1, 0.15) is 6.34 Å². The fourth-order valence-electron chi connectivity index (χ4n) is 0.777. The van der Waals surface area contributed by atoms with E-state index in [0.29, 0.717) is 5.02 Å². The maximum Gasteiger partial charge on any atom is 0.111 e. The molecule has 0 aliphatic carbocycles. The molecule has 0 heterocycles. The number of benzene rings is 1. The average Bonchev–Trinajstić information content (AvgIpc) is 2.03. The van der Waals surface area contributed by atoms with Crippen molar-refractivity contribution in [2.45, 2.75) is 0 Å². The van der Waals surface area contributed by atoms with Gasteiger partial charge >= 0.3 is 0 Å². The Morgan fingerprint density at radius 3 is 2.85 bits per heavy atom. The number of hydrogen-bond donors (Lipinski definition) is 1. The summed E-state index contributed by atoms with van der Waals surface area (Å²) < 4.78 is 0. The van der Waals surface area contributed by atoms with Gasteiger partial charge in [-0.3, -0.25) is 5.43 Å². The van der Waals surface area contributed by atoms with E-state index in [-0.39, 0.29) is 0 Å². The molecule has 0 aromatic heterocycles. The van der Waals surface area contributed by atoms with Crippen LogP contribution in [-0.2, 0) is 0 Å². The van der Waals surface area contributed by atoms with Crippen LogP contribution >= 0.6 is 11.6 Å². The molecule has 4 heteroatoms. The molecule has 1 N–H and O–H groups in total. The van der Waals surface area contributed by atoms with Crippen molar-refractivity contribution in [1.82, 2.24) is 4.90 Å². The summed E-state index contributed by atoms with van der Waals surface area (Å²) in [4.78, 5) is 1.84. The molecule has 70 valence electrons. The van der Waals surface area contributed by atoms with Gasteiger partial charge in [0.05, 0.1) is 5.69 Å². The lowest BCUT2D eigenvalue weighted by molar-refractivity contribution is 0.641. The molecule has 0 amide bonds. The van der Waals surface area contributed by atoms with Crippen molar-refractivity contribution in [1.29, 1.82) is 0 Å². The molecule has 0 bridgehead atoms. The van der Waals surface area contributed by atoms with Crippen molar-refractivity contribution in [2.24, 2.45) is 5.10 Å². The maximum atomic E-state index is 5.78. The molecular weight excluding hydrogens is 186 g/mol. The first-order chi connectivity index (χ1) is 6.18. The summed E-state index contributed by atoms with van der Waals surface area (Å²) in [6, 6.07) is 7.41. The minimum atomic E-state index is 0.699. The highest BCUT2D eigenvalue weighted by molar-refractivity contribution is 6.30. The van der Waals surface area contributed by atoms with E-state index in [9.17, 15) is 0 Å². The van der Waals surface area contributed by atoms with E-state index in [1.54, 1.807) is 6.34 Å². The van der Waals surface area contributed by atoms with E-state index in [1.807, 2.05) is 43.3 Å². The first-order valence-corrected chi connectivity index (χ1v) is 4.27. The number of rotatable bonds is 3. The fraction of sp³-hybridized carbons (Fsp3) is 0.222. The van der Waals surface area contributed by atoms with Gasteiger partial charge in [-0.1, -0.05) is 17.7 Å². The summed E-state index contributed by atoms with van der Waals surface area (Å²) >= 11 is 5.78. The van der Waals surface area contributed by atoms with Gasteiger partial charge in [0.2, 0.25) is 0 Å². The van der Waals surface area contributed by atoms with Crippen LogP contribution in [0.2, 0.25) is 5.02 Å². The molecule has 13 heavy (non-hydrogen) atoms. The van der Waals surface area contributed by atoms with Crippen molar-refractivity contribution in [3.8, 4) is 0 Å². The van der Waals surface area contributed by atoms with Gasteiger partial charge in [-0.25, -0.2) is 0 Å². The van der Waals surface area contributed by atoms with Crippen LogP contribution in [0.3, 0.4) is 0 Å². The van der Waals surface area contributed by atoms with Crippen molar-refractivity contribution >= 4 is 23.6 Å². The van der Waals surface area contributed by atoms with E-state index in [1.165, 1.54) is 0 Å². The lowest BCUT2D eigenvalue weighted by Crippen LogP contribution is -2.09. The molecule has 0 saturated carbocycles. The number of anilines is 1. The van der Waals surface area contributed by atoms with Gasteiger partial charge in [-0.15, -0.1) is 0 Å². The summed E-state index contributed by atoms with van der Waals surface area (Å²) in [5.74, 6) is 0. The Labute approximate surface area is 83.0 Å². The van der Waals surface area contributed by atoms with Crippen LogP contribution in [-0.4, -0.2) is 25.3 Å². The molecule has 3 nitrogen and oxygen atoms in total. The monoisotopic (exact) mass is 197 g/mol. The summed E-state index contributed by atoms with van der Waals surface area (Å²) in [5, 5.41) is 4.67. The van der Waals surface area contributed by atoms with Gasteiger partial charge in [0.15, 0.2) is 0 Å². The molecule has 0 saturated heterocycles. The Bertz CT molecular complexity index is 297. The molecule has 1 aromatic rings. The minimum absolute atomic E-state index is 0.699. The largest absolute Gasteiger partial charge is 0.367 e. The van der Waals surface area contributed by atoms with E-state index in [0.717, 1.165) is 5.69 Å². The second kappa shape index (κ2) is 4.72. The minimum Gasteiger partial charge on any atom is -0.367 e. The first kappa shape index (κ1) is 9.86. The number of nitrogens with one attached hydrogen (secondary N) is 1. The lowest BCUT2D eigenvalue weighted by Gasteiger charge is -2.03. The predicted octanol–water partition coefficient (Wildman–Crippen LogP) is 2.26. The van der Waals surface area contributed by atoms with Gasteiger partial charge in [0.25, 0.3) is 0 Å². The SMILES string of the molecule is CN(C)/C=N/Nc1cccc(Cl)c1. The molecule has 0 aliphatic rings. The summed E-state index contributed by atoms with van der Waals surface area (Å²) in [6.45, 7) is 0. The van der Waals surface area contributed by atoms with Crippen LogP contribution in [0.15, 0.2) is 29.4 Å². The van der Waals surface area contributed by atoms with Gasteiger partial charge in [-0.2, -0.15) is 5.10 Å². The van der Waals surface area contributed by atoms with E-state index < -0.39 is 0 Å². The van der Waals surface area contributed by atoms with E-state index in [4.69, 9.17) is 11.6 Å². The third-order valence-corrected chi connectivity index (χ3v) is 1.54. The standard InChI is InChI=1S/C9H12ClN3/c1-13(2)7-11-12-9-5-3-4-8(10)6-9/h3-7,12H,1-2H3/b11-7+. The Morgan fingerprint density at radius 2 is 2.23 bits per heavy atom. The fourth-order valence-corrected chi connectivity index (χ4v) is 0.967. The Kier molecular flexibility index (Phi) is 3.58. The van der Waals surface area contributed by atoms with Crippen LogP contribution in [0.1, 0.15) is 0 Å². The zero-order valence-corrected chi connectivity index (χ0v) is 8.42. The van der Waals surface area contributed by atoms with Gasteiger partial charge in [0, 0.05) is 19.1 Å². The van der Waals surface area contributed by atoms with Crippen molar-refractivity contribution in [3.63, 3.8) is 0 Å². The quantitative estimate of drug-likeness (QED) is 0.457. The van der Waals surface area contributed by atoms with Crippen LogP contribution in [0.4, 0.5) is 5.69 Å². The normalized spacial score (nSPS) is 10.4. The molecule has 0 spiro atoms. The number of nitrogens with zero attached hydrogens (tertiary/aromatic N) is 2. The van der Waals surface area contributed by atoms with Crippen LogP contribution in [0.25, 0.3) is 0 Å². The number of halogens is 1. The highest BCUT2D eigenvalue weighted by Crippen LogP contribution is 2.14. The Hall–Kier alpha value is -1.22. The van der Waals surface area contributed by atoms with Gasteiger partial charge < -0.3 is 4.90 Å². The van der Waals surface area contributed by atoms with Crippen molar-refractivity contribution in [2.75, 3.05) is 19.5 Å². The van der Waals surface area contributed by atoms with Crippen LogP contribution in [0.5, 0.6) is 0 Å². The summed E-state index contributed by atoms with van der Waals surface area (Å²) in [7, 11) is 3.81. The molecule has 0 unspecified atom stereocenters.